The van der Waals surface area contributed by atoms with E-state index in [-0.39, 0.29) is 0 Å². The van der Waals surface area contributed by atoms with Gasteiger partial charge in [-0.3, -0.25) is 0 Å². The fraction of sp³-hybridized carbons (Fsp3) is 0.0303. The average Bonchev–Trinajstić information content (AvgIpc) is 2.95. The van der Waals surface area contributed by atoms with Crippen LogP contribution in [0.2, 0.25) is 0 Å². The number of aryl methyl sites for hydroxylation is 1. The lowest BCUT2D eigenvalue weighted by molar-refractivity contribution is 0.467. The summed E-state index contributed by atoms with van der Waals surface area (Å²) in [5.74, 6) is 3.85. The molecule has 2 aliphatic heterocycles. The van der Waals surface area contributed by atoms with E-state index in [4.69, 9.17) is 9.47 Å². The topological polar surface area (TPSA) is 18.5 Å². The van der Waals surface area contributed by atoms with Crippen LogP contribution in [0.1, 0.15) is 5.56 Å². The number of ether oxygens (including phenoxy) is 2. The fourth-order valence-corrected chi connectivity index (χ4v) is 7.72. The highest BCUT2D eigenvalue weighted by Crippen LogP contribution is 2.54. The van der Waals surface area contributed by atoms with Crippen LogP contribution in [0.15, 0.2) is 121 Å². The van der Waals surface area contributed by atoms with Crippen LogP contribution in [0.4, 0.5) is 0 Å². The number of hydrogen-bond donors (Lipinski definition) is 0. The molecule has 8 rings (SSSR count). The predicted octanol–water partition coefficient (Wildman–Crippen LogP) is 7.96. The van der Waals surface area contributed by atoms with Crippen LogP contribution in [0.5, 0.6) is 23.0 Å². The zero-order chi connectivity index (χ0) is 24.1. The van der Waals surface area contributed by atoms with Gasteiger partial charge in [-0.1, -0.05) is 103 Å². The predicted molar refractivity (Wildman–Crippen MR) is 151 cm³/mol. The number of rotatable bonds is 0. The van der Waals surface area contributed by atoms with Gasteiger partial charge in [-0.2, -0.15) is 0 Å². The molecule has 6 aromatic rings. The Morgan fingerprint density at radius 2 is 1.11 bits per heavy atom. The Kier molecular flexibility index (Phi) is 5.01. The monoisotopic (exact) mass is 482 g/mol. The molecule has 2 heterocycles. The van der Waals surface area contributed by atoms with Gasteiger partial charge in [0.05, 0.1) is 5.30 Å². The van der Waals surface area contributed by atoms with E-state index >= 15 is 0 Å². The van der Waals surface area contributed by atoms with E-state index in [0.29, 0.717) is 0 Å². The second-order valence-corrected chi connectivity index (χ2v) is 11.1. The molecule has 2 nitrogen and oxygen atoms in total. The molecule has 0 fully saturated rings. The smallest absolute Gasteiger partial charge is 0.143 e. The van der Waals surface area contributed by atoms with Crippen LogP contribution < -0.4 is 25.4 Å². The maximum Gasteiger partial charge on any atom is 0.143 e. The van der Waals surface area contributed by atoms with Gasteiger partial charge < -0.3 is 9.47 Å². The Labute approximate surface area is 211 Å². The molecule has 36 heavy (non-hydrogen) atoms. The first-order chi connectivity index (χ1) is 17.8. The standard InChI is InChI=1S/C23H15O2P.C10H8/c1-14-10-12-18-23-21(14)25-22-16-7-3-2-6-15(16)11-13-20(22)26(23)19-9-5-4-8-17(19)24-18;1-2-6-10-8-4-3-7-9(10)5-1/h2-13H,1H3;1-8H. The molecule has 1 atom stereocenters. The van der Waals surface area contributed by atoms with Crippen LogP contribution >= 0.6 is 7.92 Å². The molecule has 2 aliphatic rings. The lowest BCUT2D eigenvalue weighted by atomic mass is 10.1. The van der Waals surface area contributed by atoms with Crippen molar-refractivity contribution in [2.24, 2.45) is 0 Å². The molecule has 0 amide bonds. The van der Waals surface area contributed by atoms with Gasteiger partial charge in [-0.25, -0.2) is 0 Å². The van der Waals surface area contributed by atoms with Crippen molar-refractivity contribution in [3.8, 4) is 23.0 Å². The molecule has 3 heteroatoms. The third-order valence-corrected chi connectivity index (χ3v) is 9.36. The fourth-order valence-electron chi connectivity index (χ4n) is 5.04. The summed E-state index contributed by atoms with van der Waals surface area (Å²) in [7, 11) is -0.690. The Balaban J connectivity index is 0.000000185. The van der Waals surface area contributed by atoms with Crippen LogP contribution in [0, 0.1) is 6.92 Å². The third-order valence-electron chi connectivity index (χ3n) is 6.80. The van der Waals surface area contributed by atoms with Gasteiger partial charge in [0.1, 0.15) is 23.0 Å². The quantitative estimate of drug-likeness (QED) is 0.204. The Morgan fingerprint density at radius 3 is 1.86 bits per heavy atom. The molecule has 0 saturated heterocycles. The van der Waals surface area contributed by atoms with Crippen molar-refractivity contribution < 1.29 is 9.47 Å². The lowest BCUT2D eigenvalue weighted by Gasteiger charge is -2.35. The highest BCUT2D eigenvalue weighted by Gasteiger charge is 2.37. The van der Waals surface area contributed by atoms with E-state index in [1.165, 1.54) is 37.5 Å². The second-order valence-electron chi connectivity index (χ2n) is 9.05. The summed E-state index contributed by atoms with van der Waals surface area (Å²) in [4.78, 5) is 0. The third kappa shape index (κ3) is 3.38. The minimum absolute atomic E-state index is 0.690. The van der Waals surface area contributed by atoms with Crippen molar-refractivity contribution in [3.63, 3.8) is 0 Å². The van der Waals surface area contributed by atoms with E-state index in [9.17, 15) is 0 Å². The van der Waals surface area contributed by atoms with Crippen molar-refractivity contribution in [1.82, 2.24) is 0 Å². The van der Waals surface area contributed by atoms with Crippen molar-refractivity contribution in [3.05, 3.63) is 127 Å². The SMILES string of the molecule is Cc1ccc2c3c1Oc1c(ccc4ccccc14)P3c1ccccc1O2.c1ccc2ccccc2c1. The normalized spacial score (nSPS) is 14.4. The van der Waals surface area contributed by atoms with Gasteiger partial charge in [0.2, 0.25) is 0 Å². The first-order valence-corrected chi connectivity index (χ1v) is 13.5. The minimum Gasteiger partial charge on any atom is -0.456 e. The summed E-state index contributed by atoms with van der Waals surface area (Å²) in [5, 5.41) is 8.75. The van der Waals surface area contributed by atoms with Crippen molar-refractivity contribution >= 4 is 45.4 Å². The van der Waals surface area contributed by atoms with Crippen LogP contribution in [-0.2, 0) is 0 Å². The Hall–Kier alpha value is -4.13. The molecule has 0 spiro atoms. The van der Waals surface area contributed by atoms with Gasteiger partial charge in [-0.15, -0.1) is 0 Å². The summed E-state index contributed by atoms with van der Waals surface area (Å²) in [5.41, 5.74) is 1.15. The number of benzene rings is 6. The van der Waals surface area contributed by atoms with Crippen molar-refractivity contribution in [2.45, 2.75) is 6.92 Å². The molecular weight excluding hydrogens is 459 g/mol. The van der Waals surface area contributed by atoms with Crippen LogP contribution in [0.3, 0.4) is 0 Å². The van der Waals surface area contributed by atoms with E-state index in [2.05, 4.69) is 122 Å². The Bertz CT molecular complexity index is 1710. The molecule has 0 aliphatic carbocycles. The molecular formula is C33H23O2P. The molecule has 6 aromatic carbocycles. The van der Waals surface area contributed by atoms with Crippen LogP contribution in [-0.4, -0.2) is 0 Å². The average molecular weight is 483 g/mol. The summed E-state index contributed by atoms with van der Waals surface area (Å²) >= 11 is 0. The first-order valence-electron chi connectivity index (χ1n) is 12.1. The highest BCUT2D eigenvalue weighted by molar-refractivity contribution is 7.80. The zero-order valence-electron chi connectivity index (χ0n) is 19.8. The van der Waals surface area contributed by atoms with Gasteiger partial charge in [-0.05, 0) is 46.8 Å². The van der Waals surface area contributed by atoms with Gasteiger partial charge in [0, 0.05) is 23.9 Å². The second kappa shape index (κ2) is 8.52. The van der Waals surface area contributed by atoms with E-state index in [0.717, 1.165) is 28.6 Å². The van der Waals surface area contributed by atoms with E-state index in [1.807, 2.05) is 6.07 Å². The maximum absolute atomic E-state index is 6.52. The van der Waals surface area contributed by atoms with Gasteiger partial charge >= 0.3 is 0 Å². The molecule has 172 valence electrons. The van der Waals surface area contributed by atoms with Crippen LogP contribution in [0.25, 0.3) is 21.5 Å². The molecule has 0 aromatic heterocycles. The highest BCUT2D eigenvalue weighted by atomic mass is 31.1. The van der Waals surface area contributed by atoms with Gasteiger partial charge in [0.25, 0.3) is 0 Å². The molecule has 0 bridgehead atoms. The molecule has 0 N–H and O–H groups in total. The van der Waals surface area contributed by atoms with E-state index in [1.54, 1.807) is 0 Å². The summed E-state index contributed by atoms with van der Waals surface area (Å²) in [6.45, 7) is 2.11. The number of fused-ring (bicyclic) bond motifs is 7. The Morgan fingerprint density at radius 1 is 0.472 bits per heavy atom. The molecule has 0 radical (unpaired) electrons. The lowest BCUT2D eigenvalue weighted by Crippen LogP contribution is -2.32. The number of hydrogen-bond acceptors (Lipinski definition) is 2. The zero-order valence-corrected chi connectivity index (χ0v) is 20.7. The summed E-state index contributed by atoms with van der Waals surface area (Å²) in [6.07, 6.45) is 0. The van der Waals surface area contributed by atoms with Crippen molar-refractivity contribution in [1.29, 1.82) is 0 Å². The largest absolute Gasteiger partial charge is 0.456 e. The summed E-state index contributed by atoms with van der Waals surface area (Å²) < 4.78 is 12.7. The van der Waals surface area contributed by atoms with Crippen molar-refractivity contribution in [2.75, 3.05) is 0 Å². The van der Waals surface area contributed by atoms with Gasteiger partial charge in [0.15, 0.2) is 0 Å². The first kappa shape index (κ1) is 21.2. The number of para-hydroxylation sites is 1. The minimum atomic E-state index is -0.690. The molecule has 0 saturated carbocycles. The maximum atomic E-state index is 6.52. The van der Waals surface area contributed by atoms with E-state index < -0.39 is 7.92 Å². The summed E-state index contributed by atoms with van der Waals surface area (Å²) in [6, 6.07) is 42.2. The molecule has 1 unspecified atom stereocenters.